The van der Waals surface area contributed by atoms with Gasteiger partial charge in [-0.05, 0) is 61.4 Å². The van der Waals surface area contributed by atoms with Gasteiger partial charge in [0.1, 0.15) is 21.9 Å². The number of rotatable bonds is 5. The van der Waals surface area contributed by atoms with E-state index < -0.39 is 10.1 Å². The minimum atomic E-state index is -4.10. The molecule has 0 atom stereocenters. The van der Waals surface area contributed by atoms with E-state index in [0.717, 1.165) is 16.7 Å². The molecule has 0 fully saturated rings. The zero-order valence-electron chi connectivity index (χ0n) is 16.2. The molecule has 0 amide bonds. The highest BCUT2D eigenvalue weighted by Gasteiger charge is 2.23. The van der Waals surface area contributed by atoms with Crippen LogP contribution in [0, 0.1) is 13.8 Å². The lowest BCUT2D eigenvalue weighted by molar-refractivity contribution is 0.397. The summed E-state index contributed by atoms with van der Waals surface area (Å²) in [5, 5.41) is 0. The second-order valence-electron chi connectivity index (χ2n) is 6.64. The average molecular weight is 409 g/mol. The SMILES string of the molecule is COc1cc(C)c(C)cc1S(=O)(=O)Oc1ccc2nc(-c3ccccc3)oc2c1. The van der Waals surface area contributed by atoms with Crippen LogP contribution >= 0.6 is 0 Å². The molecule has 4 aromatic rings. The Morgan fingerprint density at radius 2 is 1.66 bits per heavy atom. The van der Waals surface area contributed by atoms with Crippen molar-refractivity contribution in [2.45, 2.75) is 18.7 Å². The topological polar surface area (TPSA) is 78.6 Å². The third-order valence-corrected chi connectivity index (χ3v) is 5.91. The van der Waals surface area contributed by atoms with Crippen LogP contribution in [0.5, 0.6) is 11.5 Å². The van der Waals surface area contributed by atoms with Gasteiger partial charge in [0.2, 0.25) is 5.89 Å². The standard InChI is InChI=1S/C22H19NO5S/c1-14-11-20(26-3)21(12-15(14)2)29(24,25)28-17-9-10-18-19(13-17)27-22(23-18)16-7-5-4-6-8-16/h4-13H,1-3H3. The first-order valence-electron chi connectivity index (χ1n) is 8.93. The summed E-state index contributed by atoms with van der Waals surface area (Å²) in [6.07, 6.45) is 0. The lowest BCUT2D eigenvalue weighted by Gasteiger charge is -2.13. The lowest BCUT2D eigenvalue weighted by atomic mass is 10.1. The summed E-state index contributed by atoms with van der Waals surface area (Å²) in [5.74, 6) is 0.824. The van der Waals surface area contributed by atoms with Crippen LogP contribution in [0.3, 0.4) is 0 Å². The molecule has 29 heavy (non-hydrogen) atoms. The van der Waals surface area contributed by atoms with E-state index >= 15 is 0 Å². The van der Waals surface area contributed by atoms with Crippen LogP contribution in [-0.2, 0) is 10.1 Å². The van der Waals surface area contributed by atoms with E-state index in [1.807, 2.05) is 44.2 Å². The van der Waals surface area contributed by atoms with Crippen LogP contribution in [0.25, 0.3) is 22.6 Å². The van der Waals surface area contributed by atoms with E-state index in [1.165, 1.54) is 13.2 Å². The predicted octanol–water partition coefficient (Wildman–Crippen LogP) is 4.89. The second-order valence-corrected chi connectivity index (χ2v) is 8.15. The molecule has 0 radical (unpaired) electrons. The number of oxazole rings is 1. The number of ether oxygens (including phenoxy) is 1. The molecule has 1 heterocycles. The van der Waals surface area contributed by atoms with Crippen molar-refractivity contribution in [1.82, 2.24) is 4.98 Å². The van der Waals surface area contributed by atoms with Crippen LogP contribution in [-0.4, -0.2) is 20.5 Å². The summed E-state index contributed by atoms with van der Waals surface area (Å²) in [5.41, 5.74) is 3.63. The number of benzene rings is 3. The van der Waals surface area contributed by atoms with Gasteiger partial charge >= 0.3 is 10.1 Å². The van der Waals surface area contributed by atoms with Gasteiger partial charge in [0.15, 0.2) is 5.58 Å². The Labute approximate surface area is 168 Å². The Bertz CT molecular complexity index is 1290. The minimum absolute atomic E-state index is 0.0225. The molecule has 0 aliphatic carbocycles. The van der Waals surface area contributed by atoms with Gasteiger partial charge in [0, 0.05) is 11.6 Å². The van der Waals surface area contributed by atoms with Crippen molar-refractivity contribution in [3.05, 3.63) is 71.8 Å². The monoisotopic (exact) mass is 409 g/mol. The van der Waals surface area contributed by atoms with Crippen molar-refractivity contribution >= 4 is 21.2 Å². The summed E-state index contributed by atoms with van der Waals surface area (Å²) < 4.78 is 42.1. The van der Waals surface area contributed by atoms with Gasteiger partial charge < -0.3 is 13.3 Å². The molecule has 1 aromatic heterocycles. The molecule has 4 rings (SSSR count). The van der Waals surface area contributed by atoms with E-state index in [1.54, 1.807) is 24.3 Å². The van der Waals surface area contributed by atoms with Gasteiger partial charge in [-0.3, -0.25) is 0 Å². The van der Waals surface area contributed by atoms with Crippen molar-refractivity contribution < 1.29 is 21.8 Å². The molecule has 0 aliphatic rings. The van der Waals surface area contributed by atoms with E-state index in [0.29, 0.717) is 17.0 Å². The van der Waals surface area contributed by atoms with Crippen molar-refractivity contribution in [2.24, 2.45) is 0 Å². The Balaban J connectivity index is 1.70. The molecule has 3 aromatic carbocycles. The zero-order chi connectivity index (χ0) is 20.6. The Kier molecular flexibility index (Phi) is 4.76. The molecule has 7 heteroatoms. The van der Waals surface area contributed by atoms with Crippen molar-refractivity contribution in [3.8, 4) is 23.0 Å². The highest BCUT2D eigenvalue weighted by Crippen LogP contribution is 2.32. The summed E-state index contributed by atoms with van der Waals surface area (Å²) in [6, 6.07) is 17.4. The highest BCUT2D eigenvalue weighted by atomic mass is 32.2. The minimum Gasteiger partial charge on any atom is -0.495 e. The van der Waals surface area contributed by atoms with E-state index in [2.05, 4.69) is 4.98 Å². The average Bonchev–Trinajstić information content (AvgIpc) is 3.13. The zero-order valence-corrected chi connectivity index (χ0v) is 17.0. The molecule has 0 N–H and O–H groups in total. The largest absolute Gasteiger partial charge is 0.495 e. The second kappa shape index (κ2) is 7.25. The Morgan fingerprint density at radius 1 is 0.931 bits per heavy atom. The highest BCUT2D eigenvalue weighted by molar-refractivity contribution is 7.87. The van der Waals surface area contributed by atoms with Crippen molar-refractivity contribution in [3.63, 3.8) is 0 Å². The number of methoxy groups -OCH3 is 1. The molecule has 0 bridgehead atoms. The number of aromatic nitrogens is 1. The first kappa shape index (κ1) is 19.0. The Hall–Kier alpha value is -3.32. The first-order valence-corrected chi connectivity index (χ1v) is 10.3. The molecule has 0 saturated heterocycles. The summed E-state index contributed by atoms with van der Waals surface area (Å²) in [4.78, 5) is 4.41. The first-order chi connectivity index (χ1) is 13.9. The predicted molar refractivity (Wildman–Crippen MR) is 110 cm³/mol. The maximum atomic E-state index is 12.9. The van der Waals surface area contributed by atoms with Gasteiger partial charge in [0.25, 0.3) is 0 Å². The van der Waals surface area contributed by atoms with E-state index in [9.17, 15) is 8.42 Å². The fourth-order valence-electron chi connectivity index (χ4n) is 2.95. The van der Waals surface area contributed by atoms with E-state index in [4.69, 9.17) is 13.3 Å². The Morgan fingerprint density at radius 3 is 2.38 bits per heavy atom. The molecular weight excluding hydrogens is 390 g/mol. The van der Waals surface area contributed by atoms with Gasteiger partial charge in [-0.15, -0.1) is 0 Å². The normalized spacial score (nSPS) is 11.6. The summed E-state index contributed by atoms with van der Waals surface area (Å²) >= 11 is 0. The van der Waals surface area contributed by atoms with Gasteiger partial charge in [-0.1, -0.05) is 18.2 Å². The number of nitrogens with zero attached hydrogens (tertiary/aromatic N) is 1. The summed E-state index contributed by atoms with van der Waals surface area (Å²) in [6.45, 7) is 3.72. The number of aryl methyl sites for hydroxylation is 2. The van der Waals surface area contributed by atoms with E-state index in [-0.39, 0.29) is 16.4 Å². The number of hydrogen-bond acceptors (Lipinski definition) is 6. The van der Waals surface area contributed by atoms with Crippen LogP contribution in [0.15, 0.2) is 70.0 Å². The fourth-order valence-corrected chi connectivity index (χ4v) is 4.11. The third-order valence-electron chi connectivity index (χ3n) is 4.64. The van der Waals surface area contributed by atoms with Gasteiger partial charge in [-0.25, -0.2) is 4.98 Å². The van der Waals surface area contributed by atoms with Crippen LogP contribution < -0.4 is 8.92 Å². The smallest absolute Gasteiger partial charge is 0.342 e. The van der Waals surface area contributed by atoms with Crippen LogP contribution in [0.4, 0.5) is 0 Å². The lowest BCUT2D eigenvalue weighted by Crippen LogP contribution is -2.12. The molecule has 0 unspecified atom stereocenters. The molecular formula is C22H19NO5S. The quantitative estimate of drug-likeness (QED) is 0.437. The number of hydrogen-bond donors (Lipinski definition) is 0. The van der Waals surface area contributed by atoms with Crippen LogP contribution in [0.1, 0.15) is 11.1 Å². The van der Waals surface area contributed by atoms with Crippen molar-refractivity contribution in [1.29, 1.82) is 0 Å². The van der Waals surface area contributed by atoms with Crippen LogP contribution in [0.2, 0.25) is 0 Å². The number of fused-ring (bicyclic) bond motifs is 1. The molecule has 0 saturated carbocycles. The molecule has 6 nitrogen and oxygen atoms in total. The third kappa shape index (κ3) is 3.69. The maximum absolute atomic E-state index is 12.9. The molecule has 0 aliphatic heterocycles. The van der Waals surface area contributed by atoms with Gasteiger partial charge in [0.05, 0.1) is 7.11 Å². The fraction of sp³-hybridized carbons (Fsp3) is 0.136. The van der Waals surface area contributed by atoms with Crippen molar-refractivity contribution in [2.75, 3.05) is 7.11 Å². The molecule has 148 valence electrons. The molecule has 0 spiro atoms. The summed E-state index contributed by atoms with van der Waals surface area (Å²) in [7, 11) is -2.67. The maximum Gasteiger partial charge on any atom is 0.342 e. The van der Waals surface area contributed by atoms with Gasteiger partial charge in [-0.2, -0.15) is 8.42 Å².